The molecule has 1 N–H and O–H groups in total. The third-order valence-corrected chi connectivity index (χ3v) is 2.96. The van der Waals surface area contributed by atoms with Gasteiger partial charge < -0.3 is 10.1 Å². The van der Waals surface area contributed by atoms with Gasteiger partial charge in [0.2, 0.25) is 0 Å². The molecule has 0 amide bonds. The molecule has 0 radical (unpaired) electrons. The van der Waals surface area contributed by atoms with Gasteiger partial charge in [0.25, 0.3) is 5.69 Å². The van der Waals surface area contributed by atoms with Gasteiger partial charge in [0.05, 0.1) is 23.2 Å². The lowest BCUT2D eigenvalue weighted by Crippen LogP contribution is -2.40. The van der Waals surface area contributed by atoms with Gasteiger partial charge >= 0.3 is 0 Å². The fraction of sp³-hybridized carbons (Fsp3) is 0.500. The SMILES string of the molecule is COC1CC(Nc2cc([N+](=O)[O-])cc(Cl)n2)C1. The molecular weight excluding hydrogens is 246 g/mol. The molecule has 17 heavy (non-hydrogen) atoms. The minimum Gasteiger partial charge on any atom is -0.381 e. The first-order valence-electron chi connectivity index (χ1n) is 5.20. The minimum absolute atomic E-state index is 0.0601. The van der Waals surface area contributed by atoms with Crippen LogP contribution in [0.25, 0.3) is 0 Å². The lowest BCUT2D eigenvalue weighted by atomic mass is 9.89. The van der Waals surface area contributed by atoms with Gasteiger partial charge in [-0.1, -0.05) is 11.6 Å². The molecule has 0 unspecified atom stereocenters. The fourth-order valence-electron chi connectivity index (χ4n) is 1.75. The minimum atomic E-state index is -0.489. The van der Waals surface area contributed by atoms with Crippen molar-refractivity contribution in [2.24, 2.45) is 0 Å². The summed E-state index contributed by atoms with van der Waals surface area (Å²) in [5.74, 6) is 0.434. The summed E-state index contributed by atoms with van der Waals surface area (Å²) in [5.41, 5.74) is -0.0601. The van der Waals surface area contributed by atoms with Gasteiger partial charge in [0.1, 0.15) is 11.0 Å². The maximum absolute atomic E-state index is 10.6. The quantitative estimate of drug-likeness (QED) is 0.508. The van der Waals surface area contributed by atoms with E-state index in [9.17, 15) is 10.1 Å². The van der Waals surface area contributed by atoms with E-state index in [1.165, 1.54) is 12.1 Å². The molecule has 7 heteroatoms. The second kappa shape index (κ2) is 4.85. The van der Waals surface area contributed by atoms with Gasteiger partial charge in [0.15, 0.2) is 0 Å². The summed E-state index contributed by atoms with van der Waals surface area (Å²) in [4.78, 5) is 14.2. The summed E-state index contributed by atoms with van der Waals surface area (Å²) in [6.45, 7) is 0. The highest BCUT2D eigenvalue weighted by Crippen LogP contribution is 2.27. The molecule has 1 fully saturated rings. The van der Waals surface area contributed by atoms with E-state index in [-0.39, 0.29) is 23.0 Å². The van der Waals surface area contributed by atoms with Crippen molar-refractivity contribution in [3.63, 3.8) is 0 Å². The number of ether oxygens (including phenoxy) is 1. The number of aromatic nitrogens is 1. The Kier molecular flexibility index (Phi) is 3.44. The maximum Gasteiger partial charge on any atom is 0.276 e. The second-order valence-corrected chi connectivity index (χ2v) is 4.35. The van der Waals surface area contributed by atoms with Crippen LogP contribution in [0.2, 0.25) is 5.15 Å². The number of nitrogens with zero attached hydrogens (tertiary/aromatic N) is 2. The van der Waals surface area contributed by atoms with E-state index in [1.807, 2.05) is 0 Å². The monoisotopic (exact) mass is 257 g/mol. The van der Waals surface area contributed by atoms with E-state index in [4.69, 9.17) is 16.3 Å². The van der Waals surface area contributed by atoms with Gasteiger partial charge in [-0.05, 0) is 12.8 Å². The van der Waals surface area contributed by atoms with Crippen LogP contribution in [-0.2, 0) is 4.74 Å². The van der Waals surface area contributed by atoms with Gasteiger partial charge in [-0.15, -0.1) is 0 Å². The summed E-state index contributed by atoms with van der Waals surface area (Å²) in [6.07, 6.45) is 2.01. The molecule has 1 aliphatic carbocycles. The Hall–Kier alpha value is -1.40. The van der Waals surface area contributed by atoms with E-state index >= 15 is 0 Å². The van der Waals surface area contributed by atoms with Crippen molar-refractivity contribution in [1.82, 2.24) is 4.98 Å². The first-order chi connectivity index (χ1) is 8.08. The van der Waals surface area contributed by atoms with Gasteiger partial charge in [0, 0.05) is 13.2 Å². The highest BCUT2D eigenvalue weighted by molar-refractivity contribution is 6.29. The smallest absolute Gasteiger partial charge is 0.276 e. The zero-order valence-electron chi connectivity index (χ0n) is 9.22. The van der Waals surface area contributed by atoms with E-state index in [0.29, 0.717) is 5.82 Å². The predicted molar refractivity (Wildman–Crippen MR) is 63.3 cm³/mol. The molecular formula is C10H12ClN3O3. The topological polar surface area (TPSA) is 77.3 Å². The summed E-state index contributed by atoms with van der Waals surface area (Å²) in [6, 6.07) is 2.85. The number of hydrogen-bond donors (Lipinski definition) is 1. The van der Waals surface area contributed by atoms with Crippen LogP contribution < -0.4 is 5.32 Å². The predicted octanol–water partition coefficient (Wildman–Crippen LogP) is 2.23. The molecule has 2 rings (SSSR count). The zero-order valence-corrected chi connectivity index (χ0v) is 9.98. The molecule has 1 aliphatic rings. The lowest BCUT2D eigenvalue weighted by molar-refractivity contribution is -0.384. The average Bonchev–Trinajstić information content (AvgIpc) is 2.21. The number of halogens is 1. The van der Waals surface area contributed by atoms with Crippen LogP contribution in [0, 0.1) is 10.1 Å². The second-order valence-electron chi connectivity index (χ2n) is 3.96. The molecule has 6 nitrogen and oxygen atoms in total. The Labute approximate surface area is 103 Å². The van der Waals surface area contributed by atoms with Crippen molar-refractivity contribution in [3.8, 4) is 0 Å². The van der Waals surface area contributed by atoms with E-state index < -0.39 is 4.92 Å². The number of nitro groups is 1. The van der Waals surface area contributed by atoms with Crippen LogP contribution in [-0.4, -0.2) is 29.2 Å². The molecule has 0 aromatic carbocycles. The summed E-state index contributed by atoms with van der Waals surface area (Å²) >= 11 is 5.71. The van der Waals surface area contributed by atoms with Crippen molar-refractivity contribution in [2.75, 3.05) is 12.4 Å². The first kappa shape index (κ1) is 12.1. The molecule has 0 atom stereocenters. The van der Waals surface area contributed by atoms with Crippen LogP contribution in [0.3, 0.4) is 0 Å². The van der Waals surface area contributed by atoms with Crippen molar-refractivity contribution in [2.45, 2.75) is 25.0 Å². The molecule has 1 saturated carbocycles. The molecule has 1 aromatic rings. The fourth-order valence-corrected chi connectivity index (χ4v) is 1.95. The van der Waals surface area contributed by atoms with Crippen LogP contribution in [0.1, 0.15) is 12.8 Å². The summed E-state index contributed by atoms with van der Waals surface area (Å²) in [7, 11) is 1.67. The van der Waals surface area contributed by atoms with Gasteiger partial charge in [-0.25, -0.2) is 4.98 Å². The van der Waals surface area contributed by atoms with Crippen LogP contribution in [0.4, 0.5) is 11.5 Å². The zero-order chi connectivity index (χ0) is 12.4. The largest absolute Gasteiger partial charge is 0.381 e. The highest BCUT2D eigenvalue weighted by atomic mass is 35.5. The first-order valence-corrected chi connectivity index (χ1v) is 5.57. The third kappa shape index (κ3) is 2.83. The number of rotatable bonds is 4. The summed E-state index contributed by atoms with van der Waals surface area (Å²) in [5, 5.41) is 13.9. The maximum atomic E-state index is 10.6. The number of anilines is 1. The Balaban J connectivity index is 2.04. The Morgan fingerprint density at radius 3 is 2.88 bits per heavy atom. The van der Waals surface area contributed by atoms with Gasteiger partial charge in [-0.2, -0.15) is 0 Å². The molecule has 1 heterocycles. The molecule has 1 aromatic heterocycles. The average molecular weight is 258 g/mol. The number of pyridine rings is 1. The number of nitrogens with one attached hydrogen (secondary N) is 1. The molecule has 0 saturated heterocycles. The normalized spacial score (nSPS) is 22.9. The van der Waals surface area contributed by atoms with Gasteiger partial charge in [-0.3, -0.25) is 10.1 Å². The van der Waals surface area contributed by atoms with E-state index in [1.54, 1.807) is 7.11 Å². The summed E-state index contributed by atoms with van der Waals surface area (Å²) < 4.78 is 5.15. The van der Waals surface area contributed by atoms with Crippen LogP contribution in [0.15, 0.2) is 12.1 Å². The molecule has 0 aliphatic heterocycles. The Bertz CT molecular complexity index is 435. The standard InChI is InChI=1S/C10H12ClN3O3/c1-17-8-2-6(3-8)12-10-5-7(14(15)16)4-9(11)13-10/h4-6,8H,2-3H2,1H3,(H,12,13). The van der Waals surface area contributed by atoms with E-state index in [0.717, 1.165) is 12.8 Å². The third-order valence-electron chi connectivity index (χ3n) is 2.77. The lowest BCUT2D eigenvalue weighted by Gasteiger charge is -2.34. The molecule has 92 valence electrons. The molecule has 0 bridgehead atoms. The van der Waals surface area contributed by atoms with Crippen molar-refractivity contribution in [3.05, 3.63) is 27.4 Å². The molecule has 0 spiro atoms. The highest BCUT2D eigenvalue weighted by Gasteiger charge is 2.29. The number of hydrogen-bond acceptors (Lipinski definition) is 5. The Morgan fingerprint density at radius 2 is 2.29 bits per heavy atom. The van der Waals surface area contributed by atoms with E-state index in [2.05, 4.69) is 10.3 Å². The van der Waals surface area contributed by atoms with Crippen molar-refractivity contribution in [1.29, 1.82) is 0 Å². The number of methoxy groups -OCH3 is 1. The van der Waals surface area contributed by atoms with Crippen LogP contribution >= 0.6 is 11.6 Å². The van der Waals surface area contributed by atoms with Crippen LogP contribution in [0.5, 0.6) is 0 Å². The Morgan fingerprint density at radius 1 is 1.59 bits per heavy atom. The van der Waals surface area contributed by atoms with Crippen molar-refractivity contribution >= 4 is 23.1 Å². The van der Waals surface area contributed by atoms with Crippen molar-refractivity contribution < 1.29 is 9.66 Å².